The highest BCUT2D eigenvalue weighted by Crippen LogP contribution is 2.28. The molecule has 0 radical (unpaired) electrons. The molecule has 94 valence electrons. The number of nitrogens with zero attached hydrogens (tertiary/aromatic N) is 1. The molecule has 0 aliphatic carbocycles. The molecule has 2 aromatic carbocycles. The first kappa shape index (κ1) is 11.9. The number of pyridine rings is 1. The van der Waals surface area contributed by atoms with Crippen LogP contribution in [0.3, 0.4) is 0 Å². The molecule has 0 saturated heterocycles. The number of hydrogen-bond acceptors (Lipinski definition) is 1. The maximum atomic E-state index is 4.46. The van der Waals surface area contributed by atoms with Gasteiger partial charge in [0.1, 0.15) is 0 Å². The van der Waals surface area contributed by atoms with E-state index in [1.54, 1.807) is 0 Å². The van der Waals surface area contributed by atoms with Crippen molar-refractivity contribution in [2.24, 2.45) is 0 Å². The third kappa shape index (κ3) is 2.24. The fraction of sp³-hybridized carbons (Fsp3) is 0.167. The van der Waals surface area contributed by atoms with Gasteiger partial charge in [0.2, 0.25) is 0 Å². The van der Waals surface area contributed by atoms with Crippen LogP contribution in [0.25, 0.3) is 22.0 Å². The van der Waals surface area contributed by atoms with Gasteiger partial charge >= 0.3 is 0 Å². The summed E-state index contributed by atoms with van der Waals surface area (Å²) in [6.45, 7) is 4.45. The molecule has 3 rings (SSSR count). The number of aromatic nitrogens is 1. The second kappa shape index (κ2) is 4.85. The molecule has 0 N–H and O–H groups in total. The molecule has 0 amide bonds. The van der Waals surface area contributed by atoms with Crippen LogP contribution in [0, 0.1) is 0 Å². The largest absolute Gasteiger partial charge is 0.256 e. The predicted octanol–water partition coefficient (Wildman–Crippen LogP) is 5.03. The van der Waals surface area contributed by atoms with Crippen molar-refractivity contribution in [2.45, 2.75) is 19.8 Å². The van der Waals surface area contributed by atoms with Crippen LogP contribution in [0.2, 0.25) is 0 Å². The van der Waals surface area contributed by atoms with E-state index in [1.807, 2.05) is 12.3 Å². The van der Waals surface area contributed by atoms with Crippen LogP contribution in [-0.4, -0.2) is 4.98 Å². The Kier molecular flexibility index (Phi) is 3.04. The first-order valence-corrected chi connectivity index (χ1v) is 6.70. The molecule has 0 fully saturated rings. The summed E-state index contributed by atoms with van der Waals surface area (Å²) >= 11 is 0. The zero-order valence-electron chi connectivity index (χ0n) is 11.3. The second-order valence-corrected chi connectivity index (χ2v) is 5.15. The fourth-order valence-electron chi connectivity index (χ4n) is 2.48. The molecule has 1 heterocycles. The summed E-state index contributed by atoms with van der Waals surface area (Å²) in [5.74, 6) is 0.511. The van der Waals surface area contributed by atoms with Gasteiger partial charge in [-0.15, -0.1) is 0 Å². The molecule has 0 bridgehead atoms. The van der Waals surface area contributed by atoms with Crippen LogP contribution >= 0.6 is 0 Å². The summed E-state index contributed by atoms with van der Waals surface area (Å²) in [6.07, 6.45) is 1.90. The Morgan fingerprint density at radius 2 is 1.63 bits per heavy atom. The van der Waals surface area contributed by atoms with Gasteiger partial charge in [0.25, 0.3) is 0 Å². The summed E-state index contributed by atoms with van der Waals surface area (Å²) < 4.78 is 0. The van der Waals surface area contributed by atoms with Crippen LogP contribution in [0.4, 0.5) is 0 Å². The first-order chi connectivity index (χ1) is 9.25. The third-order valence-electron chi connectivity index (χ3n) is 3.50. The Morgan fingerprint density at radius 1 is 0.842 bits per heavy atom. The molecular formula is C18H17N. The Hall–Kier alpha value is -2.15. The summed E-state index contributed by atoms with van der Waals surface area (Å²) in [6, 6.07) is 19.1. The minimum atomic E-state index is 0.511. The monoisotopic (exact) mass is 247 g/mol. The van der Waals surface area contributed by atoms with Crippen molar-refractivity contribution in [1.29, 1.82) is 0 Å². The van der Waals surface area contributed by atoms with Gasteiger partial charge in [-0.1, -0.05) is 50.2 Å². The topological polar surface area (TPSA) is 12.9 Å². The van der Waals surface area contributed by atoms with E-state index in [0.717, 1.165) is 5.52 Å². The van der Waals surface area contributed by atoms with E-state index in [9.17, 15) is 0 Å². The van der Waals surface area contributed by atoms with Gasteiger partial charge in [0, 0.05) is 11.6 Å². The van der Waals surface area contributed by atoms with E-state index in [4.69, 9.17) is 0 Å². The van der Waals surface area contributed by atoms with Crippen molar-refractivity contribution in [3.05, 3.63) is 66.4 Å². The highest BCUT2D eigenvalue weighted by Gasteiger charge is 2.07. The van der Waals surface area contributed by atoms with Crippen LogP contribution in [0.5, 0.6) is 0 Å². The smallest absolute Gasteiger partial charge is 0.0705 e. The van der Waals surface area contributed by atoms with E-state index in [-0.39, 0.29) is 0 Å². The molecule has 3 aromatic rings. The first-order valence-electron chi connectivity index (χ1n) is 6.70. The molecule has 0 saturated carbocycles. The van der Waals surface area contributed by atoms with Crippen molar-refractivity contribution >= 4 is 10.9 Å². The lowest BCUT2D eigenvalue weighted by Crippen LogP contribution is -1.91. The quantitative estimate of drug-likeness (QED) is 0.619. The molecule has 1 nitrogen and oxygen atoms in total. The van der Waals surface area contributed by atoms with Crippen molar-refractivity contribution in [3.63, 3.8) is 0 Å². The van der Waals surface area contributed by atoms with Gasteiger partial charge < -0.3 is 0 Å². The molecule has 0 unspecified atom stereocenters. The van der Waals surface area contributed by atoms with Crippen molar-refractivity contribution in [1.82, 2.24) is 4.98 Å². The summed E-state index contributed by atoms with van der Waals surface area (Å²) in [4.78, 5) is 4.46. The van der Waals surface area contributed by atoms with Gasteiger partial charge in [-0.05, 0) is 40.8 Å². The van der Waals surface area contributed by atoms with Crippen molar-refractivity contribution in [3.8, 4) is 11.1 Å². The minimum absolute atomic E-state index is 0.511. The Labute approximate surface area is 113 Å². The highest BCUT2D eigenvalue weighted by molar-refractivity contribution is 5.87. The molecule has 1 aromatic heterocycles. The molecular weight excluding hydrogens is 230 g/mol. The van der Waals surface area contributed by atoms with Crippen LogP contribution < -0.4 is 0 Å². The SMILES string of the molecule is CC(C)c1ccnc2ccc(-c3ccccc3)cc12. The lowest BCUT2D eigenvalue weighted by Gasteiger charge is -2.11. The minimum Gasteiger partial charge on any atom is -0.256 e. The fourth-order valence-corrected chi connectivity index (χ4v) is 2.48. The molecule has 1 heteroatoms. The molecule has 0 aliphatic heterocycles. The Bertz CT molecular complexity index is 699. The van der Waals surface area contributed by atoms with Gasteiger partial charge in [-0.3, -0.25) is 4.98 Å². The predicted molar refractivity (Wildman–Crippen MR) is 81.3 cm³/mol. The maximum Gasteiger partial charge on any atom is 0.0705 e. The van der Waals surface area contributed by atoms with Gasteiger partial charge in [0.15, 0.2) is 0 Å². The van der Waals surface area contributed by atoms with Gasteiger partial charge in [-0.2, -0.15) is 0 Å². The van der Waals surface area contributed by atoms with E-state index in [1.165, 1.54) is 22.1 Å². The number of benzene rings is 2. The van der Waals surface area contributed by atoms with E-state index < -0.39 is 0 Å². The highest BCUT2D eigenvalue weighted by atomic mass is 14.6. The van der Waals surface area contributed by atoms with Gasteiger partial charge in [-0.25, -0.2) is 0 Å². The summed E-state index contributed by atoms with van der Waals surface area (Å²) in [5, 5.41) is 1.26. The normalized spacial score (nSPS) is 11.1. The second-order valence-electron chi connectivity index (χ2n) is 5.15. The molecule has 0 spiro atoms. The standard InChI is InChI=1S/C18H17N/c1-13(2)16-10-11-19-18-9-8-15(12-17(16)18)14-6-4-3-5-7-14/h3-13H,1-2H3. The van der Waals surface area contributed by atoms with E-state index in [2.05, 4.69) is 67.4 Å². The number of rotatable bonds is 2. The molecule has 0 aliphatic rings. The zero-order valence-corrected chi connectivity index (χ0v) is 11.3. The lowest BCUT2D eigenvalue weighted by atomic mass is 9.96. The number of fused-ring (bicyclic) bond motifs is 1. The lowest BCUT2D eigenvalue weighted by molar-refractivity contribution is 0.874. The molecule has 19 heavy (non-hydrogen) atoms. The Balaban J connectivity index is 2.22. The summed E-state index contributed by atoms with van der Waals surface area (Å²) in [5.41, 5.74) is 4.94. The summed E-state index contributed by atoms with van der Waals surface area (Å²) in [7, 11) is 0. The third-order valence-corrected chi connectivity index (χ3v) is 3.50. The zero-order chi connectivity index (χ0) is 13.2. The van der Waals surface area contributed by atoms with Crippen LogP contribution in [-0.2, 0) is 0 Å². The van der Waals surface area contributed by atoms with Crippen molar-refractivity contribution < 1.29 is 0 Å². The average molecular weight is 247 g/mol. The van der Waals surface area contributed by atoms with Crippen LogP contribution in [0.15, 0.2) is 60.8 Å². The van der Waals surface area contributed by atoms with E-state index in [0.29, 0.717) is 5.92 Å². The van der Waals surface area contributed by atoms with E-state index >= 15 is 0 Å². The van der Waals surface area contributed by atoms with Crippen molar-refractivity contribution in [2.75, 3.05) is 0 Å². The maximum absolute atomic E-state index is 4.46. The average Bonchev–Trinajstić information content (AvgIpc) is 2.47. The van der Waals surface area contributed by atoms with Crippen LogP contribution in [0.1, 0.15) is 25.3 Å². The Morgan fingerprint density at radius 3 is 2.37 bits per heavy atom. The molecule has 0 atom stereocenters. The number of hydrogen-bond donors (Lipinski definition) is 0. The van der Waals surface area contributed by atoms with Gasteiger partial charge in [0.05, 0.1) is 5.52 Å².